The smallest absolute Gasteiger partial charge is 0.0277 e. The lowest BCUT2D eigenvalue weighted by atomic mass is 9.80. The molecule has 1 aliphatic rings. The van der Waals surface area contributed by atoms with Crippen LogP contribution in [0.3, 0.4) is 0 Å². The fourth-order valence-electron chi connectivity index (χ4n) is 3.36. The predicted molar refractivity (Wildman–Crippen MR) is 93.9 cm³/mol. The molecule has 0 bridgehead atoms. The Labute approximate surface area is 133 Å². The zero-order valence-electron chi connectivity index (χ0n) is 15.6. The average Bonchev–Trinajstić information content (AvgIpc) is 2.41. The Balaban J connectivity index is 2.61. The lowest BCUT2D eigenvalue weighted by Crippen LogP contribution is -2.59. The third kappa shape index (κ3) is 5.54. The molecule has 1 saturated heterocycles. The van der Waals surface area contributed by atoms with Crippen LogP contribution in [-0.4, -0.2) is 61.7 Å². The standard InChI is InChI=1S/C18H39N3/c1-8-18(9-2,13-19-12-16(3)4)15-21-11-10-20(7)17(5,6)14-21/h16,19H,8-15H2,1-7H3. The Hall–Kier alpha value is -0.120. The highest BCUT2D eigenvalue weighted by molar-refractivity contribution is 4.92. The lowest BCUT2D eigenvalue weighted by Gasteiger charge is -2.48. The third-order valence-electron chi connectivity index (χ3n) is 5.51. The first kappa shape index (κ1) is 18.9. The summed E-state index contributed by atoms with van der Waals surface area (Å²) in [5, 5.41) is 3.71. The molecule has 0 atom stereocenters. The highest BCUT2D eigenvalue weighted by atomic mass is 15.3. The number of rotatable bonds is 8. The minimum atomic E-state index is 0.302. The van der Waals surface area contributed by atoms with Crippen LogP contribution in [0.4, 0.5) is 0 Å². The van der Waals surface area contributed by atoms with E-state index in [-0.39, 0.29) is 0 Å². The molecule has 1 aliphatic heterocycles. The van der Waals surface area contributed by atoms with E-state index in [9.17, 15) is 0 Å². The van der Waals surface area contributed by atoms with E-state index in [1.165, 1.54) is 39.0 Å². The summed E-state index contributed by atoms with van der Waals surface area (Å²) in [5.74, 6) is 0.735. The Kier molecular flexibility index (Phi) is 7.15. The third-order valence-corrected chi connectivity index (χ3v) is 5.51. The molecule has 1 fully saturated rings. The van der Waals surface area contributed by atoms with E-state index in [0.717, 1.165) is 19.0 Å². The molecule has 1 rings (SSSR count). The van der Waals surface area contributed by atoms with Gasteiger partial charge in [-0.1, -0.05) is 27.7 Å². The first-order valence-corrected chi connectivity index (χ1v) is 8.89. The molecule has 0 radical (unpaired) electrons. The number of hydrogen-bond acceptors (Lipinski definition) is 3. The molecule has 0 aliphatic carbocycles. The van der Waals surface area contributed by atoms with Crippen LogP contribution in [0.15, 0.2) is 0 Å². The van der Waals surface area contributed by atoms with E-state index in [2.05, 4.69) is 63.7 Å². The Morgan fingerprint density at radius 1 is 1.14 bits per heavy atom. The van der Waals surface area contributed by atoms with Gasteiger partial charge in [-0.15, -0.1) is 0 Å². The van der Waals surface area contributed by atoms with E-state index in [0.29, 0.717) is 11.0 Å². The molecule has 0 amide bonds. The molecule has 3 heteroatoms. The summed E-state index contributed by atoms with van der Waals surface area (Å²) in [6.07, 6.45) is 2.53. The van der Waals surface area contributed by atoms with Crippen LogP contribution < -0.4 is 5.32 Å². The van der Waals surface area contributed by atoms with Crippen LogP contribution in [0.1, 0.15) is 54.4 Å². The minimum absolute atomic E-state index is 0.302. The van der Waals surface area contributed by atoms with Gasteiger partial charge in [0, 0.05) is 38.3 Å². The van der Waals surface area contributed by atoms with Crippen molar-refractivity contribution in [3.63, 3.8) is 0 Å². The van der Waals surface area contributed by atoms with Crippen LogP contribution in [-0.2, 0) is 0 Å². The molecule has 0 saturated carbocycles. The van der Waals surface area contributed by atoms with E-state index in [4.69, 9.17) is 0 Å². The van der Waals surface area contributed by atoms with Crippen LogP contribution in [0.5, 0.6) is 0 Å². The zero-order valence-corrected chi connectivity index (χ0v) is 15.6. The van der Waals surface area contributed by atoms with Gasteiger partial charge in [-0.05, 0) is 51.6 Å². The van der Waals surface area contributed by atoms with Gasteiger partial charge >= 0.3 is 0 Å². The number of nitrogens with one attached hydrogen (secondary N) is 1. The zero-order chi connectivity index (χ0) is 16.1. The maximum atomic E-state index is 3.71. The Bertz CT molecular complexity index is 295. The molecule has 0 aromatic carbocycles. The van der Waals surface area contributed by atoms with Crippen molar-refractivity contribution in [3.05, 3.63) is 0 Å². The fourth-order valence-corrected chi connectivity index (χ4v) is 3.36. The van der Waals surface area contributed by atoms with Crippen LogP contribution in [0.2, 0.25) is 0 Å². The molecular formula is C18H39N3. The van der Waals surface area contributed by atoms with Crippen LogP contribution in [0.25, 0.3) is 0 Å². The topological polar surface area (TPSA) is 18.5 Å². The molecule has 21 heavy (non-hydrogen) atoms. The molecule has 0 unspecified atom stereocenters. The Morgan fingerprint density at radius 2 is 1.76 bits per heavy atom. The van der Waals surface area contributed by atoms with Crippen molar-refractivity contribution in [2.24, 2.45) is 11.3 Å². The van der Waals surface area contributed by atoms with Crippen molar-refractivity contribution >= 4 is 0 Å². The van der Waals surface area contributed by atoms with Gasteiger partial charge in [0.05, 0.1) is 0 Å². The summed E-state index contributed by atoms with van der Waals surface area (Å²) in [5.41, 5.74) is 0.734. The van der Waals surface area contributed by atoms with Crippen molar-refractivity contribution < 1.29 is 0 Å². The molecule has 0 aromatic heterocycles. The second-order valence-corrected chi connectivity index (χ2v) is 8.18. The maximum absolute atomic E-state index is 3.71. The minimum Gasteiger partial charge on any atom is -0.316 e. The van der Waals surface area contributed by atoms with E-state index in [1.807, 2.05) is 0 Å². The molecule has 1 N–H and O–H groups in total. The monoisotopic (exact) mass is 297 g/mol. The summed E-state index contributed by atoms with van der Waals surface area (Å²) in [6, 6.07) is 0. The van der Waals surface area contributed by atoms with E-state index >= 15 is 0 Å². The van der Waals surface area contributed by atoms with Crippen molar-refractivity contribution in [1.82, 2.24) is 15.1 Å². The molecule has 126 valence electrons. The lowest BCUT2D eigenvalue weighted by molar-refractivity contribution is 0.0134. The fraction of sp³-hybridized carbons (Fsp3) is 1.00. The second-order valence-electron chi connectivity index (χ2n) is 8.18. The van der Waals surface area contributed by atoms with Gasteiger partial charge in [-0.2, -0.15) is 0 Å². The first-order valence-electron chi connectivity index (χ1n) is 8.89. The van der Waals surface area contributed by atoms with Gasteiger partial charge in [0.1, 0.15) is 0 Å². The van der Waals surface area contributed by atoms with Gasteiger partial charge in [-0.25, -0.2) is 0 Å². The summed E-state index contributed by atoms with van der Waals surface area (Å²) in [4.78, 5) is 5.20. The van der Waals surface area contributed by atoms with Gasteiger partial charge in [0.2, 0.25) is 0 Å². The van der Waals surface area contributed by atoms with Crippen LogP contribution >= 0.6 is 0 Å². The quantitative estimate of drug-likeness (QED) is 0.743. The van der Waals surface area contributed by atoms with Gasteiger partial charge in [-0.3, -0.25) is 9.80 Å². The maximum Gasteiger partial charge on any atom is 0.0277 e. The van der Waals surface area contributed by atoms with Gasteiger partial charge < -0.3 is 5.32 Å². The predicted octanol–water partition coefficient (Wildman–Crippen LogP) is 3.06. The SMILES string of the molecule is CCC(CC)(CNCC(C)C)CN1CCN(C)C(C)(C)C1. The van der Waals surface area contributed by atoms with Crippen molar-refractivity contribution in [2.45, 2.75) is 59.9 Å². The first-order chi connectivity index (χ1) is 9.74. The van der Waals surface area contributed by atoms with Crippen molar-refractivity contribution in [1.29, 1.82) is 0 Å². The van der Waals surface area contributed by atoms with Crippen molar-refractivity contribution in [3.8, 4) is 0 Å². The molecule has 0 spiro atoms. The highest BCUT2D eigenvalue weighted by Gasteiger charge is 2.35. The number of piperazine rings is 1. The number of likely N-dealkylation sites (N-methyl/N-ethyl adjacent to an activating group) is 1. The van der Waals surface area contributed by atoms with Gasteiger partial charge in [0.25, 0.3) is 0 Å². The number of nitrogens with zero attached hydrogens (tertiary/aromatic N) is 2. The molecule has 1 heterocycles. The second kappa shape index (κ2) is 7.94. The van der Waals surface area contributed by atoms with Crippen LogP contribution in [0, 0.1) is 11.3 Å². The highest BCUT2D eigenvalue weighted by Crippen LogP contribution is 2.29. The van der Waals surface area contributed by atoms with Crippen molar-refractivity contribution in [2.75, 3.05) is 46.3 Å². The molecule has 0 aromatic rings. The normalized spacial score (nSPS) is 21.1. The summed E-state index contributed by atoms with van der Waals surface area (Å²) >= 11 is 0. The van der Waals surface area contributed by atoms with E-state index < -0.39 is 0 Å². The summed E-state index contributed by atoms with van der Waals surface area (Å²) in [7, 11) is 2.26. The number of hydrogen-bond donors (Lipinski definition) is 1. The van der Waals surface area contributed by atoms with E-state index in [1.54, 1.807) is 0 Å². The van der Waals surface area contributed by atoms with Gasteiger partial charge in [0.15, 0.2) is 0 Å². The molecule has 3 nitrogen and oxygen atoms in total. The molecular weight excluding hydrogens is 258 g/mol. The average molecular weight is 298 g/mol. The largest absolute Gasteiger partial charge is 0.316 e. The summed E-state index contributed by atoms with van der Waals surface area (Å²) in [6.45, 7) is 21.2. The summed E-state index contributed by atoms with van der Waals surface area (Å²) < 4.78 is 0. The Morgan fingerprint density at radius 3 is 2.24 bits per heavy atom.